The molecular weight excluding hydrogens is 174 g/mol. The SMILES string of the molecule is CCc1cccc(C)c1OC(F)F. The van der Waals surface area contributed by atoms with Crippen LogP contribution in [0, 0.1) is 6.92 Å². The van der Waals surface area contributed by atoms with E-state index in [2.05, 4.69) is 4.74 Å². The zero-order valence-corrected chi connectivity index (χ0v) is 7.68. The highest BCUT2D eigenvalue weighted by molar-refractivity contribution is 5.40. The standard InChI is InChI=1S/C10H12F2O/c1-3-8-6-4-5-7(2)9(8)13-10(11)12/h4-6,10H,3H2,1-2H3. The van der Waals surface area contributed by atoms with Crippen LogP contribution in [-0.4, -0.2) is 6.61 Å². The van der Waals surface area contributed by atoms with Gasteiger partial charge in [-0.3, -0.25) is 0 Å². The van der Waals surface area contributed by atoms with E-state index in [0.29, 0.717) is 12.2 Å². The summed E-state index contributed by atoms with van der Waals surface area (Å²) in [7, 11) is 0. The van der Waals surface area contributed by atoms with Gasteiger partial charge in [0.25, 0.3) is 0 Å². The van der Waals surface area contributed by atoms with Crippen LogP contribution in [0.25, 0.3) is 0 Å². The third-order valence-electron chi connectivity index (χ3n) is 1.88. The zero-order valence-electron chi connectivity index (χ0n) is 7.68. The first-order chi connectivity index (χ1) is 6.15. The van der Waals surface area contributed by atoms with Gasteiger partial charge in [-0.25, -0.2) is 0 Å². The van der Waals surface area contributed by atoms with Gasteiger partial charge in [0.2, 0.25) is 0 Å². The molecular formula is C10H12F2O. The molecule has 3 heteroatoms. The Kier molecular flexibility index (Phi) is 3.23. The van der Waals surface area contributed by atoms with Crippen molar-refractivity contribution in [3.05, 3.63) is 29.3 Å². The number of alkyl halides is 2. The number of para-hydroxylation sites is 1. The number of halogens is 2. The highest BCUT2D eigenvalue weighted by Crippen LogP contribution is 2.25. The zero-order chi connectivity index (χ0) is 9.84. The molecule has 0 heterocycles. The third kappa shape index (κ3) is 2.41. The van der Waals surface area contributed by atoms with Crippen molar-refractivity contribution in [1.82, 2.24) is 0 Å². The fourth-order valence-electron chi connectivity index (χ4n) is 1.25. The van der Waals surface area contributed by atoms with Crippen molar-refractivity contribution < 1.29 is 13.5 Å². The Morgan fingerprint density at radius 1 is 1.38 bits per heavy atom. The number of ether oxygens (including phenoxy) is 1. The predicted octanol–water partition coefficient (Wildman–Crippen LogP) is 3.16. The Hall–Kier alpha value is -1.12. The molecule has 0 radical (unpaired) electrons. The first kappa shape index (κ1) is 9.96. The van der Waals surface area contributed by atoms with E-state index in [9.17, 15) is 8.78 Å². The monoisotopic (exact) mass is 186 g/mol. The van der Waals surface area contributed by atoms with Crippen molar-refractivity contribution >= 4 is 0 Å². The van der Waals surface area contributed by atoms with E-state index in [1.807, 2.05) is 13.0 Å². The molecule has 0 spiro atoms. The minimum atomic E-state index is -2.74. The smallest absolute Gasteiger partial charge is 0.387 e. The molecule has 72 valence electrons. The average Bonchev–Trinajstić information content (AvgIpc) is 2.08. The Labute approximate surface area is 76.3 Å². The van der Waals surface area contributed by atoms with Gasteiger partial charge in [0.05, 0.1) is 0 Å². The van der Waals surface area contributed by atoms with Crippen LogP contribution >= 0.6 is 0 Å². The molecule has 0 saturated carbocycles. The molecule has 1 aromatic carbocycles. The molecule has 1 rings (SSSR count). The van der Waals surface area contributed by atoms with E-state index in [1.165, 1.54) is 0 Å². The van der Waals surface area contributed by atoms with Gasteiger partial charge in [0, 0.05) is 0 Å². The molecule has 0 saturated heterocycles. The Bertz CT molecular complexity index is 284. The van der Waals surface area contributed by atoms with Crippen LogP contribution in [0.3, 0.4) is 0 Å². The first-order valence-electron chi connectivity index (χ1n) is 4.18. The molecule has 1 nitrogen and oxygen atoms in total. The first-order valence-corrected chi connectivity index (χ1v) is 4.18. The van der Waals surface area contributed by atoms with Gasteiger partial charge < -0.3 is 4.74 Å². The maximum atomic E-state index is 12.0. The van der Waals surface area contributed by atoms with Crippen LogP contribution in [0.2, 0.25) is 0 Å². The van der Waals surface area contributed by atoms with Crippen LogP contribution in [-0.2, 0) is 6.42 Å². The summed E-state index contributed by atoms with van der Waals surface area (Å²) >= 11 is 0. The minimum absolute atomic E-state index is 0.319. The Morgan fingerprint density at radius 2 is 2.08 bits per heavy atom. The second kappa shape index (κ2) is 4.21. The highest BCUT2D eigenvalue weighted by atomic mass is 19.3. The van der Waals surface area contributed by atoms with Crippen molar-refractivity contribution in [1.29, 1.82) is 0 Å². The molecule has 0 atom stereocenters. The molecule has 0 N–H and O–H groups in total. The summed E-state index contributed by atoms with van der Waals surface area (Å²) in [6.45, 7) is 0.927. The van der Waals surface area contributed by atoms with E-state index in [4.69, 9.17) is 0 Å². The van der Waals surface area contributed by atoms with Gasteiger partial charge >= 0.3 is 6.61 Å². The van der Waals surface area contributed by atoms with E-state index >= 15 is 0 Å². The van der Waals surface area contributed by atoms with Gasteiger partial charge in [-0.2, -0.15) is 8.78 Å². The average molecular weight is 186 g/mol. The molecule has 0 aromatic heterocycles. The second-order valence-electron chi connectivity index (χ2n) is 2.80. The topological polar surface area (TPSA) is 9.23 Å². The van der Waals surface area contributed by atoms with E-state index in [-0.39, 0.29) is 0 Å². The summed E-state index contributed by atoms with van der Waals surface area (Å²) in [6, 6.07) is 5.40. The fourth-order valence-corrected chi connectivity index (χ4v) is 1.25. The van der Waals surface area contributed by atoms with Gasteiger partial charge in [0.1, 0.15) is 5.75 Å². The molecule has 0 amide bonds. The summed E-state index contributed by atoms with van der Waals surface area (Å²) in [5.41, 5.74) is 1.57. The molecule has 0 unspecified atom stereocenters. The summed E-state index contributed by atoms with van der Waals surface area (Å²) in [5, 5.41) is 0. The predicted molar refractivity (Wildman–Crippen MR) is 47.2 cm³/mol. The van der Waals surface area contributed by atoms with Gasteiger partial charge in [-0.05, 0) is 24.5 Å². The third-order valence-corrected chi connectivity index (χ3v) is 1.88. The van der Waals surface area contributed by atoms with Crippen LogP contribution in [0.5, 0.6) is 5.75 Å². The van der Waals surface area contributed by atoms with Gasteiger partial charge in [-0.1, -0.05) is 25.1 Å². The lowest BCUT2D eigenvalue weighted by Crippen LogP contribution is -2.05. The molecule has 0 fully saturated rings. The van der Waals surface area contributed by atoms with Crippen molar-refractivity contribution in [2.75, 3.05) is 0 Å². The number of hydrogen-bond acceptors (Lipinski definition) is 1. The van der Waals surface area contributed by atoms with Crippen molar-refractivity contribution in [3.8, 4) is 5.75 Å². The van der Waals surface area contributed by atoms with Crippen LogP contribution in [0.15, 0.2) is 18.2 Å². The van der Waals surface area contributed by atoms with Crippen LogP contribution < -0.4 is 4.74 Å². The second-order valence-corrected chi connectivity index (χ2v) is 2.80. The normalized spacial score (nSPS) is 10.5. The van der Waals surface area contributed by atoms with Gasteiger partial charge in [0.15, 0.2) is 0 Å². The number of benzene rings is 1. The maximum absolute atomic E-state index is 12.0. The van der Waals surface area contributed by atoms with Crippen LogP contribution in [0.1, 0.15) is 18.1 Å². The quantitative estimate of drug-likeness (QED) is 0.704. The highest BCUT2D eigenvalue weighted by Gasteiger charge is 2.10. The number of rotatable bonds is 3. The molecule has 0 aliphatic heterocycles. The largest absolute Gasteiger partial charge is 0.434 e. The Morgan fingerprint density at radius 3 is 2.62 bits per heavy atom. The van der Waals surface area contributed by atoms with Crippen molar-refractivity contribution in [2.24, 2.45) is 0 Å². The number of hydrogen-bond donors (Lipinski definition) is 0. The summed E-state index contributed by atoms with van der Waals surface area (Å²) in [4.78, 5) is 0. The Balaban J connectivity index is 3.00. The van der Waals surface area contributed by atoms with Crippen molar-refractivity contribution in [3.63, 3.8) is 0 Å². The van der Waals surface area contributed by atoms with E-state index in [1.54, 1.807) is 19.1 Å². The molecule has 0 aliphatic rings. The molecule has 0 bridgehead atoms. The lowest BCUT2D eigenvalue weighted by Gasteiger charge is -2.11. The van der Waals surface area contributed by atoms with Crippen molar-refractivity contribution in [2.45, 2.75) is 26.9 Å². The maximum Gasteiger partial charge on any atom is 0.387 e. The molecule has 0 aliphatic carbocycles. The van der Waals surface area contributed by atoms with E-state index < -0.39 is 6.61 Å². The lowest BCUT2D eigenvalue weighted by molar-refractivity contribution is -0.0508. The number of aryl methyl sites for hydroxylation is 2. The fraction of sp³-hybridized carbons (Fsp3) is 0.400. The lowest BCUT2D eigenvalue weighted by atomic mass is 10.1. The summed E-state index contributed by atoms with van der Waals surface area (Å²) in [6.07, 6.45) is 0.698. The van der Waals surface area contributed by atoms with Gasteiger partial charge in [-0.15, -0.1) is 0 Å². The summed E-state index contributed by atoms with van der Waals surface area (Å²) < 4.78 is 28.4. The molecule has 1 aromatic rings. The summed E-state index contributed by atoms with van der Waals surface area (Å²) in [5.74, 6) is 0.319. The minimum Gasteiger partial charge on any atom is -0.434 e. The van der Waals surface area contributed by atoms with E-state index in [0.717, 1.165) is 11.1 Å². The molecule has 13 heavy (non-hydrogen) atoms. The van der Waals surface area contributed by atoms with Crippen LogP contribution in [0.4, 0.5) is 8.78 Å².